The third kappa shape index (κ3) is 2.29. The summed E-state index contributed by atoms with van der Waals surface area (Å²) in [6.45, 7) is 2.12. The summed E-state index contributed by atoms with van der Waals surface area (Å²) in [5, 5.41) is 2.07. The number of rotatable bonds is 3. The Balaban J connectivity index is 2.44. The second-order valence-corrected chi connectivity index (χ2v) is 3.80. The Morgan fingerprint density at radius 2 is 1.94 bits per heavy atom. The van der Waals surface area contributed by atoms with E-state index in [0.29, 0.717) is 6.61 Å². The lowest BCUT2D eigenvalue weighted by atomic mass is 9.99. The summed E-state index contributed by atoms with van der Waals surface area (Å²) in [7, 11) is 0. The van der Waals surface area contributed by atoms with Crippen LogP contribution in [-0.2, 0) is 9.53 Å². The molecule has 1 atom stereocenters. The van der Waals surface area contributed by atoms with Crippen molar-refractivity contribution >= 4 is 16.7 Å². The van der Waals surface area contributed by atoms with Crippen LogP contribution in [0.15, 0.2) is 42.5 Å². The zero-order valence-electron chi connectivity index (χ0n) is 9.72. The van der Waals surface area contributed by atoms with Crippen LogP contribution in [0.3, 0.4) is 0 Å². The fraction of sp³-hybridized carbons (Fsp3) is 0.214. The predicted octanol–water partition coefficient (Wildman–Crippen LogP) is 2.40. The van der Waals surface area contributed by atoms with Crippen molar-refractivity contribution in [1.29, 1.82) is 0 Å². The number of benzene rings is 2. The average molecular weight is 229 g/mol. The first kappa shape index (κ1) is 11.6. The van der Waals surface area contributed by atoms with Gasteiger partial charge >= 0.3 is 5.97 Å². The molecular formula is C14H15NO2. The van der Waals surface area contributed by atoms with Crippen molar-refractivity contribution in [3.63, 3.8) is 0 Å². The molecular weight excluding hydrogens is 214 g/mol. The number of nitrogens with two attached hydrogens (primary N) is 1. The van der Waals surface area contributed by atoms with Crippen LogP contribution in [0.1, 0.15) is 18.5 Å². The van der Waals surface area contributed by atoms with Gasteiger partial charge in [-0.05, 0) is 23.3 Å². The van der Waals surface area contributed by atoms with E-state index >= 15 is 0 Å². The Labute approximate surface area is 100 Å². The van der Waals surface area contributed by atoms with Crippen LogP contribution in [-0.4, -0.2) is 12.6 Å². The van der Waals surface area contributed by atoms with Gasteiger partial charge in [-0.2, -0.15) is 0 Å². The number of hydrogen-bond donors (Lipinski definition) is 1. The summed E-state index contributed by atoms with van der Waals surface area (Å²) in [5.41, 5.74) is 6.72. The van der Waals surface area contributed by atoms with Gasteiger partial charge in [0.15, 0.2) is 0 Å². The fourth-order valence-corrected chi connectivity index (χ4v) is 1.88. The molecule has 3 nitrogen and oxygen atoms in total. The van der Waals surface area contributed by atoms with E-state index in [4.69, 9.17) is 10.5 Å². The molecule has 0 saturated carbocycles. The summed E-state index contributed by atoms with van der Waals surface area (Å²) in [6.07, 6.45) is 0. The smallest absolute Gasteiger partial charge is 0.327 e. The molecule has 17 heavy (non-hydrogen) atoms. The van der Waals surface area contributed by atoms with E-state index in [9.17, 15) is 4.79 Å². The molecule has 0 heterocycles. The Morgan fingerprint density at radius 1 is 1.24 bits per heavy atom. The zero-order chi connectivity index (χ0) is 12.3. The highest BCUT2D eigenvalue weighted by atomic mass is 16.5. The molecule has 0 amide bonds. The van der Waals surface area contributed by atoms with Gasteiger partial charge in [0.2, 0.25) is 0 Å². The minimum Gasteiger partial charge on any atom is -0.465 e. The second kappa shape index (κ2) is 4.97. The van der Waals surface area contributed by atoms with Crippen molar-refractivity contribution in [1.82, 2.24) is 0 Å². The van der Waals surface area contributed by atoms with Gasteiger partial charge < -0.3 is 10.5 Å². The minimum absolute atomic E-state index is 0.345. The quantitative estimate of drug-likeness (QED) is 0.822. The number of carbonyl (C=O) groups excluding carboxylic acids is 1. The Bertz CT molecular complexity index is 531. The van der Waals surface area contributed by atoms with Crippen LogP contribution in [0, 0.1) is 0 Å². The molecule has 2 rings (SSSR count). The first-order valence-electron chi connectivity index (χ1n) is 5.64. The monoisotopic (exact) mass is 229 g/mol. The van der Waals surface area contributed by atoms with Crippen molar-refractivity contribution in [3.05, 3.63) is 48.0 Å². The molecule has 0 aromatic heterocycles. The van der Waals surface area contributed by atoms with Crippen LogP contribution >= 0.6 is 0 Å². The van der Waals surface area contributed by atoms with E-state index in [2.05, 4.69) is 0 Å². The summed E-state index contributed by atoms with van der Waals surface area (Å²) in [5.74, 6) is -0.385. The third-order valence-corrected chi connectivity index (χ3v) is 2.70. The van der Waals surface area contributed by atoms with Crippen LogP contribution in [0.25, 0.3) is 10.8 Å². The fourth-order valence-electron chi connectivity index (χ4n) is 1.88. The van der Waals surface area contributed by atoms with Crippen molar-refractivity contribution < 1.29 is 9.53 Å². The highest BCUT2D eigenvalue weighted by Crippen LogP contribution is 2.23. The molecule has 0 radical (unpaired) electrons. The van der Waals surface area contributed by atoms with Crippen molar-refractivity contribution in [3.8, 4) is 0 Å². The molecule has 0 bridgehead atoms. The lowest BCUT2D eigenvalue weighted by molar-refractivity contribution is -0.144. The van der Waals surface area contributed by atoms with E-state index in [-0.39, 0.29) is 5.97 Å². The molecule has 0 spiro atoms. The van der Waals surface area contributed by atoms with Crippen LogP contribution in [0.2, 0.25) is 0 Å². The Hall–Kier alpha value is -1.87. The largest absolute Gasteiger partial charge is 0.465 e. The highest BCUT2D eigenvalue weighted by Gasteiger charge is 2.18. The Kier molecular flexibility index (Phi) is 3.40. The van der Waals surface area contributed by atoms with Crippen molar-refractivity contribution in [2.45, 2.75) is 13.0 Å². The second-order valence-electron chi connectivity index (χ2n) is 3.80. The zero-order valence-corrected chi connectivity index (χ0v) is 9.72. The van der Waals surface area contributed by atoms with Crippen LogP contribution in [0.4, 0.5) is 0 Å². The van der Waals surface area contributed by atoms with Gasteiger partial charge in [-0.15, -0.1) is 0 Å². The molecule has 2 N–H and O–H groups in total. The predicted molar refractivity (Wildman–Crippen MR) is 67.5 cm³/mol. The molecule has 0 saturated heterocycles. The molecule has 0 aliphatic heterocycles. The van der Waals surface area contributed by atoms with E-state index in [1.165, 1.54) is 0 Å². The molecule has 0 aliphatic carbocycles. The topological polar surface area (TPSA) is 52.3 Å². The van der Waals surface area contributed by atoms with Gasteiger partial charge in [0, 0.05) is 0 Å². The van der Waals surface area contributed by atoms with Gasteiger partial charge in [0.1, 0.15) is 6.04 Å². The number of hydrogen-bond acceptors (Lipinski definition) is 3. The normalized spacial score (nSPS) is 12.4. The van der Waals surface area contributed by atoms with E-state index in [1.807, 2.05) is 42.5 Å². The van der Waals surface area contributed by atoms with Crippen molar-refractivity contribution in [2.75, 3.05) is 6.61 Å². The van der Waals surface area contributed by atoms with Crippen molar-refractivity contribution in [2.24, 2.45) is 5.73 Å². The maximum absolute atomic E-state index is 11.6. The summed E-state index contributed by atoms with van der Waals surface area (Å²) < 4.78 is 4.94. The molecule has 2 aromatic carbocycles. The molecule has 2 aromatic rings. The first-order valence-corrected chi connectivity index (χ1v) is 5.64. The lowest BCUT2D eigenvalue weighted by Gasteiger charge is -2.13. The maximum Gasteiger partial charge on any atom is 0.327 e. The van der Waals surface area contributed by atoms with E-state index in [0.717, 1.165) is 16.3 Å². The lowest BCUT2D eigenvalue weighted by Crippen LogP contribution is -2.23. The summed E-state index contributed by atoms with van der Waals surface area (Å²) in [4.78, 5) is 11.6. The molecule has 0 unspecified atom stereocenters. The Morgan fingerprint density at radius 3 is 2.71 bits per heavy atom. The average Bonchev–Trinajstić information content (AvgIpc) is 2.37. The first-order chi connectivity index (χ1) is 8.24. The molecule has 0 fully saturated rings. The van der Waals surface area contributed by atoms with Crippen LogP contribution in [0.5, 0.6) is 0 Å². The highest BCUT2D eigenvalue weighted by molar-refractivity contribution is 5.90. The number of fused-ring (bicyclic) bond motifs is 1. The maximum atomic E-state index is 11.6. The summed E-state index contributed by atoms with van der Waals surface area (Å²) in [6, 6.07) is 12.9. The molecule has 3 heteroatoms. The van der Waals surface area contributed by atoms with Crippen LogP contribution < -0.4 is 5.73 Å². The minimum atomic E-state index is -0.721. The number of carbonyl (C=O) groups is 1. The van der Waals surface area contributed by atoms with Gasteiger partial charge in [-0.25, -0.2) is 4.79 Å². The number of esters is 1. The SMILES string of the molecule is CCOC(=O)[C@@H](N)c1cccc2ccccc12. The molecule has 88 valence electrons. The number of ether oxygens (including phenoxy) is 1. The third-order valence-electron chi connectivity index (χ3n) is 2.70. The van der Waals surface area contributed by atoms with Gasteiger partial charge in [0.05, 0.1) is 6.61 Å². The van der Waals surface area contributed by atoms with Gasteiger partial charge in [-0.3, -0.25) is 0 Å². The van der Waals surface area contributed by atoms with Gasteiger partial charge in [-0.1, -0.05) is 42.5 Å². The van der Waals surface area contributed by atoms with E-state index < -0.39 is 6.04 Å². The van der Waals surface area contributed by atoms with E-state index in [1.54, 1.807) is 6.92 Å². The van der Waals surface area contributed by atoms with Gasteiger partial charge in [0.25, 0.3) is 0 Å². The molecule has 0 aliphatic rings. The summed E-state index contributed by atoms with van der Waals surface area (Å²) >= 11 is 0. The standard InChI is InChI=1S/C14H15NO2/c1-2-17-14(16)13(15)12-9-5-7-10-6-3-4-8-11(10)12/h3-9,13H,2,15H2,1H3/t13-/m0/s1.